The van der Waals surface area contributed by atoms with Gasteiger partial charge in [0.1, 0.15) is 5.82 Å². The quantitative estimate of drug-likeness (QED) is 0.564. The highest BCUT2D eigenvalue weighted by Gasteiger charge is 2.29. The SMILES string of the molecule is O=C(Nc1ccc(-c2n[nH]c(C3CC3)n2)cc1)c1cc(S(=O)(=O)N2CCCC2)ccc1Cl. The maximum atomic E-state index is 12.8. The lowest BCUT2D eigenvalue weighted by Gasteiger charge is -2.16. The predicted molar refractivity (Wildman–Crippen MR) is 121 cm³/mol. The third-order valence-electron chi connectivity index (χ3n) is 5.75. The average Bonchev–Trinajstić information content (AvgIpc) is 3.26. The Morgan fingerprint density at radius 3 is 2.50 bits per heavy atom. The van der Waals surface area contributed by atoms with Crippen molar-refractivity contribution in [3.63, 3.8) is 0 Å². The first kappa shape index (κ1) is 21.1. The summed E-state index contributed by atoms with van der Waals surface area (Å²) in [5.74, 6) is 1.54. The van der Waals surface area contributed by atoms with Crippen LogP contribution in [-0.2, 0) is 10.0 Å². The van der Waals surface area contributed by atoms with Crippen LogP contribution in [0.15, 0.2) is 47.4 Å². The summed E-state index contributed by atoms with van der Waals surface area (Å²) in [7, 11) is -3.64. The van der Waals surface area contributed by atoms with E-state index in [9.17, 15) is 13.2 Å². The van der Waals surface area contributed by atoms with Gasteiger partial charge in [0.2, 0.25) is 10.0 Å². The van der Waals surface area contributed by atoms with Crippen LogP contribution in [0.5, 0.6) is 0 Å². The van der Waals surface area contributed by atoms with Gasteiger partial charge < -0.3 is 5.32 Å². The summed E-state index contributed by atoms with van der Waals surface area (Å²) in [5, 5.41) is 10.2. The van der Waals surface area contributed by atoms with E-state index >= 15 is 0 Å². The van der Waals surface area contributed by atoms with E-state index in [1.165, 1.54) is 22.5 Å². The van der Waals surface area contributed by atoms with Crippen molar-refractivity contribution in [2.75, 3.05) is 18.4 Å². The molecule has 2 aromatic carbocycles. The number of amides is 1. The Hall–Kier alpha value is -2.75. The van der Waals surface area contributed by atoms with Gasteiger partial charge in [0.15, 0.2) is 5.82 Å². The van der Waals surface area contributed by atoms with Gasteiger partial charge in [0, 0.05) is 30.3 Å². The lowest BCUT2D eigenvalue weighted by Crippen LogP contribution is -2.28. The zero-order valence-corrected chi connectivity index (χ0v) is 18.8. The number of hydrogen-bond donors (Lipinski definition) is 2. The van der Waals surface area contributed by atoms with Gasteiger partial charge in [0.25, 0.3) is 5.91 Å². The van der Waals surface area contributed by atoms with Crippen molar-refractivity contribution in [3.05, 3.63) is 58.9 Å². The van der Waals surface area contributed by atoms with Crippen molar-refractivity contribution in [2.45, 2.75) is 36.5 Å². The number of nitrogens with one attached hydrogen (secondary N) is 2. The molecule has 5 rings (SSSR count). The van der Waals surface area contributed by atoms with E-state index in [0.29, 0.717) is 30.5 Å². The number of halogens is 1. The minimum absolute atomic E-state index is 0.0698. The van der Waals surface area contributed by atoms with E-state index in [1.807, 2.05) is 12.1 Å². The number of rotatable bonds is 6. The highest BCUT2D eigenvalue weighted by atomic mass is 35.5. The highest BCUT2D eigenvalue weighted by molar-refractivity contribution is 7.89. The second-order valence-electron chi connectivity index (χ2n) is 8.10. The van der Waals surface area contributed by atoms with Crippen LogP contribution in [0.25, 0.3) is 11.4 Å². The molecule has 2 N–H and O–H groups in total. The first-order valence-corrected chi connectivity index (χ1v) is 12.4. The molecule has 1 aromatic heterocycles. The Morgan fingerprint density at radius 1 is 1.09 bits per heavy atom. The van der Waals surface area contributed by atoms with Gasteiger partial charge in [-0.3, -0.25) is 9.89 Å². The third kappa shape index (κ3) is 4.15. The van der Waals surface area contributed by atoms with E-state index in [0.717, 1.165) is 37.1 Å². The van der Waals surface area contributed by atoms with Crippen LogP contribution < -0.4 is 5.32 Å². The number of aromatic amines is 1. The van der Waals surface area contributed by atoms with E-state index in [-0.39, 0.29) is 15.5 Å². The molecule has 2 aliphatic rings. The molecule has 1 saturated carbocycles. The highest BCUT2D eigenvalue weighted by Crippen LogP contribution is 2.38. The van der Waals surface area contributed by atoms with Gasteiger partial charge in [-0.1, -0.05) is 11.6 Å². The Morgan fingerprint density at radius 2 is 1.81 bits per heavy atom. The minimum Gasteiger partial charge on any atom is -0.322 e. The molecule has 10 heteroatoms. The van der Waals surface area contributed by atoms with Crippen molar-refractivity contribution < 1.29 is 13.2 Å². The molecule has 1 amide bonds. The molecule has 3 aromatic rings. The van der Waals surface area contributed by atoms with Gasteiger partial charge in [-0.15, -0.1) is 0 Å². The number of sulfonamides is 1. The molecule has 0 atom stereocenters. The number of carbonyl (C=O) groups excluding carboxylic acids is 1. The van der Waals surface area contributed by atoms with E-state index < -0.39 is 15.9 Å². The van der Waals surface area contributed by atoms with Gasteiger partial charge in [-0.05, 0) is 68.1 Å². The summed E-state index contributed by atoms with van der Waals surface area (Å²) >= 11 is 6.22. The number of hydrogen-bond acceptors (Lipinski definition) is 5. The van der Waals surface area contributed by atoms with Crippen molar-refractivity contribution in [1.82, 2.24) is 19.5 Å². The lowest BCUT2D eigenvalue weighted by atomic mass is 10.1. The molecule has 2 heterocycles. The molecule has 0 bridgehead atoms. The fraction of sp³-hybridized carbons (Fsp3) is 0.318. The molecule has 8 nitrogen and oxygen atoms in total. The third-order valence-corrected chi connectivity index (χ3v) is 7.98. The first-order chi connectivity index (χ1) is 15.4. The molecule has 1 aliphatic heterocycles. The summed E-state index contributed by atoms with van der Waals surface area (Å²) in [6.45, 7) is 0.984. The van der Waals surface area contributed by atoms with Crippen LogP contribution in [0.1, 0.15) is 47.8 Å². The fourth-order valence-electron chi connectivity index (χ4n) is 3.76. The van der Waals surface area contributed by atoms with Crippen LogP contribution in [0, 0.1) is 0 Å². The van der Waals surface area contributed by atoms with Crippen molar-refractivity contribution in [2.24, 2.45) is 0 Å². The van der Waals surface area contributed by atoms with Crippen molar-refractivity contribution in [1.29, 1.82) is 0 Å². The van der Waals surface area contributed by atoms with Crippen LogP contribution in [0.4, 0.5) is 5.69 Å². The number of H-pyrrole nitrogens is 1. The summed E-state index contributed by atoms with van der Waals surface area (Å²) in [6, 6.07) is 11.4. The number of aromatic nitrogens is 3. The number of benzene rings is 2. The maximum Gasteiger partial charge on any atom is 0.257 e. The van der Waals surface area contributed by atoms with Crippen LogP contribution in [0.2, 0.25) is 5.02 Å². The number of anilines is 1. The number of nitrogens with zero attached hydrogens (tertiary/aromatic N) is 3. The van der Waals surface area contributed by atoms with Crippen LogP contribution in [0.3, 0.4) is 0 Å². The molecule has 1 aliphatic carbocycles. The van der Waals surface area contributed by atoms with Gasteiger partial charge >= 0.3 is 0 Å². The predicted octanol–water partition coefficient (Wildman–Crippen LogP) is 4.04. The number of carbonyl (C=O) groups is 1. The Kier molecular flexibility index (Phi) is 5.48. The maximum absolute atomic E-state index is 12.8. The smallest absolute Gasteiger partial charge is 0.257 e. The zero-order chi connectivity index (χ0) is 22.3. The van der Waals surface area contributed by atoms with Gasteiger partial charge in [-0.25, -0.2) is 13.4 Å². The summed E-state index contributed by atoms with van der Waals surface area (Å²) < 4.78 is 27.1. The molecule has 0 radical (unpaired) electrons. The summed E-state index contributed by atoms with van der Waals surface area (Å²) in [4.78, 5) is 17.4. The van der Waals surface area contributed by atoms with E-state index in [2.05, 4.69) is 20.5 Å². The lowest BCUT2D eigenvalue weighted by molar-refractivity contribution is 0.102. The van der Waals surface area contributed by atoms with Gasteiger partial charge in [-0.2, -0.15) is 9.40 Å². The molecule has 32 heavy (non-hydrogen) atoms. The molecular weight excluding hydrogens is 450 g/mol. The molecular formula is C22H22ClN5O3S. The Bertz CT molecular complexity index is 1260. The second kappa shape index (κ2) is 8.31. The normalized spacial score (nSPS) is 16.9. The zero-order valence-electron chi connectivity index (χ0n) is 17.2. The Labute approximate surface area is 191 Å². The molecule has 1 saturated heterocycles. The minimum atomic E-state index is -3.64. The average molecular weight is 472 g/mol. The molecule has 2 fully saturated rings. The molecule has 0 unspecified atom stereocenters. The topological polar surface area (TPSA) is 108 Å². The van der Waals surface area contributed by atoms with E-state index in [4.69, 9.17) is 11.6 Å². The fourth-order valence-corrected chi connectivity index (χ4v) is 5.51. The Balaban J connectivity index is 1.33. The second-order valence-corrected chi connectivity index (χ2v) is 10.4. The van der Waals surface area contributed by atoms with Gasteiger partial charge in [0.05, 0.1) is 15.5 Å². The van der Waals surface area contributed by atoms with Crippen LogP contribution >= 0.6 is 11.6 Å². The van der Waals surface area contributed by atoms with Crippen molar-refractivity contribution in [3.8, 4) is 11.4 Å². The summed E-state index contributed by atoms with van der Waals surface area (Å²) in [5.41, 5.74) is 1.50. The van der Waals surface area contributed by atoms with Crippen molar-refractivity contribution >= 4 is 33.2 Å². The standard InChI is InChI=1S/C22H22ClN5O3S/c23-19-10-9-17(32(30,31)28-11-1-2-12-28)13-18(19)22(29)24-16-7-5-15(6-8-16)21-25-20(26-27-21)14-3-4-14/h5-10,13-14H,1-4,11-12H2,(H,24,29)(H,25,26,27). The molecule has 166 valence electrons. The first-order valence-electron chi connectivity index (χ1n) is 10.6. The van der Waals surface area contributed by atoms with Crippen LogP contribution in [-0.4, -0.2) is 46.9 Å². The van der Waals surface area contributed by atoms with E-state index in [1.54, 1.807) is 12.1 Å². The summed E-state index contributed by atoms with van der Waals surface area (Å²) in [6.07, 6.45) is 3.96. The largest absolute Gasteiger partial charge is 0.322 e. The molecule has 0 spiro atoms. The monoisotopic (exact) mass is 471 g/mol.